The minimum absolute atomic E-state index is 0.147. The van der Waals surface area contributed by atoms with Crippen LogP contribution in [-0.4, -0.2) is 20.8 Å². The van der Waals surface area contributed by atoms with Gasteiger partial charge in [0.25, 0.3) is 0 Å². The molecule has 0 saturated carbocycles. The Morgan fingerprint density at radius 2 is 1.91 bits per heavy atom. The minimum atomic E-state index is -3.45. The molecule has 0 heterocycles. The fraction of sp³-hybridized carbons (Fsp3) is 0.294. The van der Waals surface area contributed by atoms with Gasteiger partial charge in [-0.1, -0.05) is 46.3 Å². The predicted molar refractivity (Wildman–Crippen MR) is 89.8 cm³/mol. The number of hydrogen-bond acceptors (Lipinski definition) is 3. The van der Waals surface area contributed by atoms with Crippen molar-refractivity contribution in [2.45, 2.75) is 30.2 Å². The zero-order chi connectivity index (χ0) is 16.6. The summed E-state index contributed by atoms with van der Waals surface area (Å²) in [4.78, 5) is 0.147. The summed E-state index contributed by atoms with van der Waals surface area (Å²) in [6, 6.07) is 12.6. The van der Waals surface area contributed by atoms with Gasteiger partial charge in [-0.3, -0.25) is 0 Å². The summed E-state index contributed by atoms with van der Waals surface area (Å²) in [5.74, 6) is 0. The molecule has 0 amide bonds. The maximum Gasteiger partial charge on any atom is 0.175 e. The van der Waals surface area contributed by atoms with E-state index in [1.54, 1.807) is 6.07 Å². The summed E-state index contributed by atoms with van der Waals surface area (Å²) in [5, 5.41) is 0. The third-order valence-corrected chi connectivity index (χ3v) is 5.84. The Hall–Kier alpha value is -1.24. The summed E-state index contributed by atoms with van der Waals surface area (Å²) < 4.78 is 45.0. The van der Waals surface area contributed by atoms with E-state index in [-0.39, 0.29) is 17.9 Å². The van der Waals surface area contributed by atoms with Crippen molar-refractivity contribution in [3.8, 4) is 0 Å². The van der Waals surface area contributed by atoms with E-state index in [9.17, 15) is 12.8 Å². The van der Waals surface area contributed by atoms with Gasteiger partial charge in [-0.2, -0.15) is 0 Å². The van der Waals surface area contributed by atoms with Crippen molar-refractivity contribution in [3.63, 3.8) is 0 Å². The molecule has 3 nitrogen and oxygen atoms in total. The largest absolute Gasteiger partial charge is 0.366 e. The van der Waals surface area contributed by atoms with Crippen LogP contribution in [0.4, 0.5) is 4.39 Å². The maximum absolute atomic E-state index is 14.5. The second-order valence-corrected chi connectivity index (χ2v) is 8.49. The molecule has 0 fully saturated rings. The molecule has 0 N–H and O–H groups in total. The van der Waals surface area contributed by atoms with Gasteiger partial charge in [0.05, 0.1) is 11.5 Å². The molecular formula is C17H16BrFO3S. The molecular weight excluding hydrogens is 383 g/mol. The molecule has 0 saturated heterocycles. The molecule has 2 aromatic carbocycles. The first-order valence-corrected chi connectivity index (χ1v) is 9.87. The van der Waals surface area contributed by atoms with E-state index in [0.717, 1.165) is 11.8 Å². The number of halogens is 2. The van der Waals surface area contributed by atoms with Crippen LogP contribution in [0.5, 0.6) is 0 Å². The van der Waals surface area contributed by atoms with Gasteiger partial charge < -0.3 is 4.74 Å². The molecule has 122 valence electrons. The van der Waals surface area contributed by atoms with Crippen molar-refractivity contribution in [2.24, 2.45) is 0 Å². The van der Waals surface area contributed by atoms with Crippen LogP contribution in [-0.2, 0) is 27.6 Å². The van der Waals surface area contributed by atoms with Gasteiger partial charge in [-0.15, -0.1) is 0 Å². The average Bonchev–Trinajstić information content (AvgIpc) is 2.83. The van der Waals surface area contributed by atoms with Crippen molar-refractivity contribution in [1.82, 2.24) is 0 Å². The van der Waals surface area contributed by atoms with Crippen LogP contribution in [0.2, 0.25) is 0 Å². The lowest BCUT2D eigenvalue weighted by molar-refractivity contribution is -0.00605. The summed E-state index contributed by atoms with van der Waals surface area (Å²) in [6.45, 7) is 0.237. The van der Waals surface area contributed by atoms with E-state index in [4.69, 9.17) is 4.74 Å². The van der Waals surface area contributed by atoms with Crippen molar-refractivity contribution < 1.29 is 17.5 Å². The Morgan fingerprint density at radius 3 is 2.57 bits per heavy atom. The molecule has 1 aliphatic rings. The molecule has 2 unspecified atom stereocenters. The smallest absolute Gasteiger partial charge is 0.175 e. The molecule has 0 aliphatic heterocycles. The van der Waals surface area contributed by atoms with Crippen LogP contribution in [0.3, 0.4) is 0 Å². The molecule has 0 aromatic heterocycles. The highest BCUT2D eigenvalue weighted by atomic mass is 79.9. The van der Waals surface area contributed by atoms with Crippen LogP contribution in [0, 0.1) is 0 Å². The predicted octanol–water partition coefficient (Wildman–Crippen LogP) is 4.00. The minimum Gasteiger partial charge on any atom is -0.366 e. The second kappa shape index (κ2) is 6.34. The Bertz CT molecular complexity index is 821. The van der Waals surface area contributed by atoms with Crippen molar-refractivity contribution in [3.05, 3.63) is 63.6 Å². The van der Waals surface area contributed by atoms with E-state index in [0.29, 0.717) is 15.6 Å². The molecule has 2 atom stereocenters. The summed E-state index contributed by atoms with van der Waals surface area (Å²) in [5.41, 5.74) is 2.05. The van der Waals surface area contributed by atoms with E-state index in [2.05, 4.69) is 15.9 Å². The van der Waals surface area contributed by atoms with E-state index >= 15 is 0 Å². The topological polar surface area (TPSA) is 43.4 Å². The lowest BCUT2D eigenvalue weighted by atomic mass is 10.1. The van der Waals surface area contributed by atoms with Gasteiger partial charge in [0, 0.05) is 22.7 Å². The van der Waals surface area contributed by atoms with Gasteiger partial charge >= 0.3 is 0 Å². The molecule has 0 bridgehead atoms. The van der Waals surface area contributed by atoms with Gasteiger partial charge in [-0.05, 0) is 23.3 Å². The maximum atomic E-state index is 14.5. The van der Waals surface area contributed by atoms with Gasteiger partial charge in [0.15, 0.2) is 9.84 Å². The number of rotatable bonds is 4. The van der Waals surface area contributed by atoms with E-state index < -0.39 is 22.1 Å². The Labute approximate surface area is 143 Å². The molecule has 2 aromatic rings. The summed E-state index contributed by atoms with van der Waals surface area (Å²) in [7, 11) is -3.45. The third kappa shape index (κ3) is 3.34. The quantitative estimate of drug-likeness (QED) is 0.781. The number of ether oxygens (including phenoxy) is 1. The zero-order valence-electron chi connectivity index (χ0n) is 12.5. The number of sulfone groups is 1. The Morgan fingerprint density at radius 1 is 1.22 bits per heavy atom. The van der Waals surface area contributed by atoms with Crippen LogP contribution in [0.25, 0.3) is 0 Å². The van der Waals surface area contributed by atoms with E-state index in [1.807, 2.05) is 30.3 Å². The highest BCUT2D eigenvalue weighted by molar-refractivity contribution is 9.10. The van der Waals surface area contributed by atoms with Gasteiger partial charge in [-0.25, -0.2) is 12.8 Å². The van der Waals surface area contributed by atoms with Gasteiger partial charge in [0.2, 0.25) is 0 Å². The van der Waals surface area contributed by atoms with Crippen molar-refractivity contribution in [1.29, 1.82) is 0 Å². The standard InChI is InChI=1S/C17H16BrFO3S/c1-23(20,21)15-8-7-13(18)12-9-14(19)17(16(12)15)22-10-11-5-3-2-4-6-11/h2-8,14,17H,9-10H2,1H3. The fourth-order valence-electron chi connectivity index (χ4n) is 2.89. The second-order valence-electron chi connectivity index (χ2n) is 5.65. The SMILES string of the molecule is CS(=O)(=O)c1ccc(Br)c2c1C(OCc1ccccc1)C(F)C2. The molecule has 0 spiro atoms. The first-order valence-electron chi connectivity index (χ1n) is 7.19. The number of hydrogen-bond donors (Lipinski definition) is 0. The van der Waals surface area contributed by atoms with Crippen LogP contribution in [0.15, 0.2) is 51.8 Å². The van der Waals surface area contributed by atoms with E-state index in [1.165, 1.54) is 6.07 Å². The van der Waals surface area contributed by atoms with Crippen LogP contribution >= 0.6 is 15.9 Å². The summed E-state index contributed by atoms with van der Waals surface area (Å²) >= 11 is 3.38. The van der Waals surface area contributed by atoms with Crippen molar-refractivity contribution >= 4 is 25.8 Å². The third-order valence-electron chi connectivity index (χ3n) is 3.94. The highest BCUT2D eigenvalue weighted by Crippen LogP contribution is 2.43. The lowest BCUT2D eigenvalue weighted by Gasteiger charge is -2.18. The van der Waals surface area contributed by atoms with Crippen LogP contribution < -0.4 is 0 Å². The van der Waals surface area contributed by atoms with Gasteiger partial charge in [0.1, 0.15) is 12.3 Å². The fourth-order valence-corrected chi connectivity index (χ4v) is 4.35. The Kier molecular flexibility index (Phi) is 4.58. The monoisotopic (exact) mass is 398 g/mol. The Balaban J connectivity index is 1.97. The van der Waals surface area contributed by atoms with Crippen LogP contribution in [0.1, 0.15) is 22.8 Å². The normalized spacial score (nSPS) is 20.5. The number of benzene rings is 2. The highest BCUT2D eigenvalue weighted by Gasteiger charge is 2.38. The zero-order valence-corrected chi connectivity index (χ0v) is 14.9. The molecule has 23 heavy (non-hydrogen) atoms. The molecule has 1 aliphatic carbocycles. The first kappa shape index (κ1) is 16.6. The first-order chi connectivity index (χ1) is 10.9. The molecule has 6 heteroatoms. The number of alkyl halides is 1. The average molecular weight is 399 g/mol. The number of fused-ring (bicyclic) bond motifs is 1. The molecule has 3 rings (SSSR count). The lowest BCUT2D eigenvalue weighted by Crippen LogP contribution is -2.14. The van der Waals surface area contributed by atoms with Crippen molar-refractivity contribution in [2.75, 3.05) is 6.26 Å². The molecule has 0 radical (unpaired) electrons. The summed E-state index contributed by atoms with van der Waals surface area (Å²) in [6.07, 6.45) is -0.838.